The fourth-order valence-electron chi connectivity index (χ4n) is 3.16. The highest BCUT2D eigenvalue weighted by molar-refractivity contribution is 7.80. The molecule has 1 aliphatic heterocycles. The van der Waals surface area contributed by atoms with Gasteiger partial charge in [0, 0.05) is 23.8 Å². The Morgan fingerprint density at radius 2 is 2.00 bits per heavy atom. The second kappa shape index (κ2) is 6.91. The lowest BCUT2D eigenvalue weighted by molar-refractivity contribution is 0.310. The van der Waals surface area contributed by atoms with E-state index < -0.39 is 0 Å². The molecule has 1 fully saturated rings. The highest BCUT2D eigenvalue weighted by Gasteiger charge is 2.39. The zero-order valence-corrected chi connectivity index (χ0v) is 16.1. The normalized spacial score (nSPS) is 19.7. The van der Waals surface area contributed by atoms with Crippen LogP contribution in [0.3, 0.4) is 0 Å². The third-order valence-electron chi connectivity index (χ3n) is 4.45. The third kappa shape index (κ3) is 3.07. The van der Waals surface area contributed by atoms with E-state index in [1.165, 1.54) is 0 Å². The van der Waals surface area contributed by atoms with Crippen LogP contribution in [-0.2, 0) is 0 Å². The van der Waals surface area contributed by atoms with Crippen LogP contribution in [0.25, 0.3) is 11.3 Å². The molecule has 2 atom stereocenters. The van der Waals surface area contributed by atoms with E-state index in [4.69, 9.17) is 39.8 Å². The van der Waals surface area contributed by atoms with Gasteiger partial charge in [0.25, 0.3) is 0 Å². The topological polar surface area (TPSA) is 41.3 Å². The summed E-state index contributed by atoms with van der Waals surface area (Å²) in [6, 6.07) is 14.9. The lowest BCUT2D eigenvalue weighted by atomic mass is 10.0. The molecule has 0 saturated carbocycles. The number of benzene rings is 1. The van der Waals surface area contributed by atoms with Gasteiger partial charge in [0.1, 0.15) is 17.6 Å². The first kappa shape index (κ1) is 17.3. The van der Waals surface area contributed by atoms with Gasteiger partial charge >= 0.3 is 0 Å². The number of likely N-dealkylation sites (N-methyl/N-ethyl adjacent to an activating group) is 1. The van der Waals surface area contributed by atoms with Crippen LogP contribution in [0.15, 0.2) is 59.1 Å². The second-order valence-electron chi connectivity index (χ2n) is 6.06. The Balaban J connectivity index is 1.72. The number of aromatic nitrogens is 1. The summed E-state index contributed by atoms with van der Waals surface area (Å²) in [6.45, 7) is 0. The molecule has 1 saturated heterocycles. The number of halogens is 2. The maximum atomic E-state index is 6.31. The molecule has 0 bridgehead atoms. The van der Waals surface area contributed by atoms with Gasteiger partial charge in [0.05, 0.1) is 16.8 Å². The number of nitrogens with zero attached hydrogens (tertiary/aromatic N) is 2. The lowest BCUT2D eigenvalue weighted by Gasteiger charge is -2.21. The molecule has 0 amide bonds. The Kier molecular flexibility index (Phi) is 4.61. The number of nitrogens with one attached hydrogen (secondary N) is 1. The van der Waals surface area contributed by atoms with Crippen molar-refractivity contribution in [3.05, 3.63) is 76.2 Å². The fraction of sp³-hybridized carbons (Fsp3) is 0.158. The summed E-state index contributed by atoms with van der Waals surface area (Å²) in [7, 11) is 1.94. The second-order valence-corrected chi connectivity index (χ2v) is 7.29. The molecule has 0 spiro atoms. The summed E-state index contributed by atoms with van der Waals surface area (Å²) in [5.41, 5.74) is 1.71. The average molecular weight is 404 g/mol. The maximum Gasteiger partial charge on any atom is 0.170 e. The van der Waals surface area contributed by atoms with Crippen LogP contribution >= 0.6 is 35.4 Å². The molecular weight excluding hydrogens is 389 g/mol. The van der Waals surface area contributed by atoms with Crippen LogP contribution in [0.2, 0.25) is 10.0 Å². The van der Waals surface area contributed by atoms with Gasteiger partial charge in [-0.1, -0.05) is 29.3 Å². The van der Waals surface area contributed by atoms with Crippen molar-refractivity contribution in [3.63, 3.8) is 0 Å². The molecule has 4 nitrogen and oxygen atoms in total. The van der Waals surface area contributed by atoms with Crippen molar-refractivity contribution in [2.24, 2.45) is 0 Å². The molecule has 3 aromatic rings. The van der Waals surface area contributed by atoms with Gasteiger partial charge in [0.2, 0.25) is 0 Å². The molecule has 0 radical (unpaired) electrons. The molecule has 1 N–H and O–H groups in total. The first-order chi connectivity index (χ1) is 12.5. The van der Waals surface area contributed by atoms with Gasteiger partial charge in [-0.05, 0) is 54.7 Å². The summed E-state index contributed by atoms with van der Waals surface area (Å²) < 4.78 is 6.15. The van der Waals surface area contributed by atoms with Crippen molar-refractivity contribution in [1.29, 1.82) is 0 Å². The highest BCUT2D eigenvalue weighted by atomic mass is 35.5. The monoisotopic (exact) mass is 403 g/mol. The highest BCUT2D eigenvalue weighted by Crippen LogP contribution is 2.40. The van der Waals surface area contributed by atoms with Crippen LogP contribution < -0.4 is 5.32 Å². The number of furan rings is 1. The molecule has 7 heteroatoms. The maximum absolute atomic E-state index is 6.31. The van der Waals surface area contributed by atoms with Crippen molar-refractivity contribution in [2.45, 2.75) is 12.1 Å². The molecular formula is C19H15Cl2N3OS. The van der Waals surface area contributed by atoms with E-state index in [0.717, 1.165) is 17.0 Å². The summed E-state index contributed by atoms with van der Waals surface area (Å²) in [5, 5.41) is 5.13. The van der Waals surface area contributed by atoms with E-state index in [-0.39, 0.29) is 12.1 Å². The molecule has 132 valence electrons. The van der Waals surface area contributed by atoms with E-state index in [1.54, 1.807) is 18.3 Å². The van der Waals surface area contributed by atoms with E-state index in [2.05, 4.69) is 10.3 Å². The molecule has 1 aliphatic rings. The van der Waals surface area contributed by atoms with E-state index >= 15 is 0 Å². The average Bonchev–Trinajstić information content (AvgIpc) is 3.21. The van der Waals surface area contributed by atoms with Gasteiger partial charge in [0.15, 0.2) is 5.11 Å². The van der Waals surface area contributed by atoms with E-state index in [9.17, 15) is 0 Å². The Labute approximate surface area is 166 Å². The molecule has 2 aromatic heterocycles. The number of rotatable bonds is 3. The van der Waals surface area contributed by atoms with Gasteiger partial charge in [-0.3, -0.25) is 4.98 Å². The van der Waals surface area contributed by atoms with Crippen LogP contribution in [0.4, 0.5) is 0 Å². The summed E-state index contributed by atoms with van der Waals surface area (Å²) in [5.74, 6) is 1.48. The van der Waals surface area contributed by atoms with Crippen LogP contribution in [0.1, 0.15) is 23.5 Å². The van der Waals surface area contributed by atoms with Crippen molar-refractivity contribution in [1.82, 2.24) is 15.2 Å². The largest absolute Gasteiger partial charge is 0.459 e. The molecule has 3 heterocycles. The molecule has 1 aromatic carbocycles. The van der Waals surface area contributed by atoms with E-state index in [0.29, 0.717) is 20.9 Å². The summed E-state index contributed by atoms with van der Waals surface area (Å²) in [6.07, 6.45) is 1.77. The summed E-state index contributed by atoms with van der Waals surface area (Å²) >= 11 is 17.7. The van der Waals surface area contributed by atoms with Crippen molar-refractivity contribution in [2.75, 3.05) is 7.05 Å². The first-order valence-corrected chi connectivity index (χ1v) is 9.20. The van der Waals surface area contributed by atoms with Crippen molar-refractivity contribution in [3.8, 4) is 11.3 Å². The van der Waals surface area contributed by atoms with E-state index in [1.807, 2.05) is 48.3 Å². The molecule has 4 rings (SSSR count). The van der Waals surface area contributed by atoms with Crippen LogP contribution in [0.5, 0.6) is 0 Å². The summed E-state index contributed by atoms with van der Waals surface area (Å²) in [4.78, 5) is 6.45. The number of pyridine rings is 1. The van der Waals surface area contributed by atoms with Gasteiger partial charge < -0.3 is 14.6 Å². The minimum Gasteiger partial charge on any atom is -0.459 e. The minimum absolute atomic E-state index is 0.0895. The Bertz CT molecular complexity index is 960. The predicted octanol–water partition coefficient (Wildman–Crippen LogP) is 5.25. The Morgan fingerprint density at radius 3 is 2.73 bits per heavy atom. The molecule has 2 unspecified atom stereocenters. The first-order valence-electron chi connectivity index (χ1n) is 8.04. The Morgan fingerprint density at radius 1 is 1.15 bits per heavy atom. The smallest absolute Gasteiger partial charge is 0.170 e. The minimum atomic E-state index is -0.0998. The zero-order valence-electron chi connectivity index (χ0n) is 13.8. The third-order valence-corrected chi connectivity index (χ3v) is 5.41. The number of thiocarbonyl (C=S) groups is 1. The quantitative estimate of drug-likeness (QED) is 0.604. The van der Waals surface area contributed by atoms with Gasteiger partial charge in [-0.25, -0.2) is 0 Å². The van der Waals surface area contributed by atoms with Crippen LogP contribution in [-0.4, -0.2) is 22.0 Å². The van der Waals surface area contributed by atoms with Crippen molar-refractivity contribution < 1.29 is 4.42 Å². The van der Waals surface area contributed by atoms with Crippen molar-refractivity contribution >= 4 is 40.5 Å². The number of hydrogen-bond donors (Lipinski definition) is 1. The number of hydrogen-bond acceptors (Lipinski definition) is 3. The van der Waals surface area contributed by atoms with Crippen LogP contribution in [0, 0.1) is 0 Å². The zero-order chi connectivity index (χ0) is 18.3. The van der Waals surface area contributed by atoms with Gasteiger partial charge in [-0.2, -0.15) is 0 Å². The molecule has 0 aliphatic carbocycles. The van der Waals surface area contributed by atoms with Gasteiger partial charge in [-0.15, -0.1) is 0 Å². The standard InChI is InChI=1S/C19H15Cl2N3OS/c1-24-18(17(23-19(24)26)14-4-2-3-9-22-14)16-8-7-15(25-16)12-6-5-11(20)10-13(12)21/h2-10,17-18H,1H3,(H,23,26). The SMILES string of the molecule is CN1C(=S)NC(c2ccccn2)C1c1ccc(-c2ccc(Cl)cc2Cl)o1. The predicted molar refractivity (Wildman–Crippen MR) is 107 cm³/mol. The Hall–Kier alpha value is -2.08. The fourth-order valence-corrected chi connectivity index (χ4v) is 3.90. The molecule has 26 heavy (non-hydrogen) atoms. The lowest BCUT2D eigenvalue weighted by Crippen LogP contribution is -2.24.